The number of halogens is 1. The fourth-order valence-electron chi connectivity index (χ4n) is 1.71. The highest BCUT2D eigenvalue weighted by Crippen LogP contribution is 2.13. The lowest BCUT2D eigenvalue weighted by atomic mass is 10.1. The van der Waals surface area contributed by atoms with Gasteiger partial charge in [-0.2, -0.15) is 0 Å². The molecule has 0 unspecified atom stereocenters. The van der Waals surface area contributed by atoms with Gasteiger partial charge in [-0.25, -0.2) is 0 Å². The molecule has 1 aromatic carbocycles. The van der Waals surface area contributed by atoms with Crippen molar-refractivity contribution < 1.29 is 9.59 Å². The van der Waals surface area contributed by atoms with Gasteiger partial charge < -0.3 is 10.6 Å². The van der Waals surface area contributed by atoms with Crippen molar-refractivity contribution in [3.63, 3.8) is 0 Å². The summed E-state index contributed by atoms with van der Waals surface area (Å²) in [6.07, 6.45) is 0.420. The van der Waals surface area contributed by atoms with Crippen LogP contribution in [0.4, 0.5) is 0 Å². The highest BCUT2D eigenvalue weighted by Gasteiger charge is 2.17. The third kappa shape index (κ3) is 5.87. The lowest BCUT2D eigenvalue weighted by Crippen LogP contribution is -2.38. The summed E-state index contributed by atoms with van der Waals surface area (Å²) in [5.41, 5.74) is 6.17. The first kappa shape index (κ1) is 15.7. The molecule has 1 aromatic rings. The van der Waals surface area contributed by atoms with Crippen molar-refractivity contribution in [2.45, 2.75) is 26.8 Å². The van der Waals surface area contributed by atoms with Gasteiger partial charge in [0.25, 0.3) is 0 Å². The van der Waals surface area contributed by atoms with Crippen LogP contribution in [0.3, 0.4) is 0 Å². The van der Waals surface area contributed by atoms with Crippen molar-refractivity contribution in [1.82, 2.24) is 4.90 Å². The van der Waals surface area contributed by atoms with Gasteiger partial charge in [0.2, 0.25) is 11.8 Å². The summed E-state index contributed by atoms with van der Waals surface area (Å²) in [5.74, 6) is -0.279. The molecule has 0 bridgehead atoms. The van der Waals surface area contributed by atoms with Crippen LogP contribution in [0, 0.1) is 5.92 Å². The minimum Gasteiger partial charge on any atom is -0.368 e. The Bertz CT molecular complexity index is 443. The zero-order valence-electron chi connectivity index (χ0n) is 11.2. The number of carbonyl (C=O) groups excluding carboxylic acids is 2. The van der Waals surface area contributed by atoms with Crippen molar-refractivity contribution in [2.24, 2.45) is 11.7 Å². The molecule has 0 atom stereocenters. The van der Waals surface area contributed by atoms with E-state index in [9.17, 15) is 9.59 Å². The third-order valence-electron chi connectivity index (χ3n) is 2.57. The van der Waals surface area contributed by atoms with Gasteiger partial charge >= 0.3 is 0 Å². The maximum Gasteiger partial charge on any atom is 0.237 e. The molecule has 0 saturated heterocycles. The first-order valence-electron chi connectivity index (χ1n) is 6.19. The zero-order chi connectivity index (χ0) is 14.4. The number of nitrogens with two attached hydrogens (primary N) is 1. The van der Waals surface area contributed by atoms with Crippen molar-refractivity contribution >= 4 is 27.7 Å². The molecule has 0 saturated carbocycles. The zero-order valence-corrected chi connectivity index (χ0v) is 12.8. The number of primary amides is 1. The highest BCUT2D eigenvalue weighted by atomic mass is 79.9. The van der Waals surface area contributed by atoms with E-state index in [1.165, 1.54) is 4.90 Å². The van der Waals surface area contributed by atoms with Crippen LogP contribution in [0.25, 0.3) is 0 Å². The minimum atomic E-state index is -0.491. The molecule has 0 fully saturated rings. The largest absolute Gasteiger partial charge is 0.368 e. The number of hydrogen-bond acceptors (Lipinski definition) is 2. The molecule has 5 heteroatoms. The number of nitrogens with zero attached hydrogens (tertiary/aromatic N) is 1. The average Bonchev–Trinajstić information content (AvgIpc) is 2.29. The Hall–Kier alpha value is -1.36. The molecular weight excluding hydrogens is 308 g/mol. The monoisotopic (exact) mass is 326 g/mol. The van der Waals surface area contributed by atoms with Gasteiger partial charge in [-0.1, -0.05) is 41.9 Å². The van der Waals surface area contributed by atoms with Gasteiger partial charge in [-0.05, 0) is 23.6 Å². The van der Waals surface area contributed by atoms with Crippen LogP contribution in [0.1, 0.15) is 25.8 Å². The number of benzene rings is 1. The standard InChI is InChI=1S/C14H19BrN2O2/c1-10(2)7-14(19)17(9-13(16)18)8-11-3-5-12(15)6-4-11/h3-6,10H,7-9H2,1-2H3,(H2,16,18). The van der Waals surface area contributed by atoms with E-state index in [0.717, 1.165) is 10.0 Å². The number of amides is 2. The van der Waals surface area contributed by atoms with E-state index in [1.807, 2.05) is 38.1 Å². The molecule has 2 amide bonds. The van der Waals surface area contributed by atoms with Gasteiger partial charge in [0.05, 0.1) is 6.54 Å². The van der Waals surface area contributed by atoms with Crippen molar-refractivity contribution in [3.8, 4) is 0 Å². The minimum absolute atomic E-state index is 0.0401. The molecule has 0 aliphatic rings. The molecular formula is C14H19BrN2O2. The molecule has 19 heavy (non-hydrogen) atoms. The summed E-state index contributed by atoms with van der Waals surface area (Å²) in [6, 6.07) is 7.65. The Kier molecular flexibility index (Phi) is 6.02. The summed E-state index contributed by atoms with van der Waals surface area (Å²) >= 11 is 3.36. The second-order valence-corrected chi connectivity index (χ2v) is 5.86. The predicted octanol–water partition coefficient (Wildman–Crippen LogP) is 2.31. The van der Waals surface area contributed by atoms with E-state index in [4.69, 9.17) is 5.73 Å². The first-order chi connectivity index (χ1) is 8.88. The Morgan fingerprint density at radius 1 is 1.26 bits per heavy atom. The molecule has 4 nitrogen and oxygen atoms in total. The Balaban J connectivity index is 2.76. The normalized spacial score (nSPS) is 10.5. The fraction of sp³-hybridized carbons (Fsp3) is 0.429. The highest BCUT2D eigenvalue weighted by molar-refractivity contribution is 9.10. The van der Waals surface area contributed by atoms with E-state index in [-0.39, 0.29) is 18.4 Å². The Morgan fingerprint density at radius 2 is 1.84 bits per heavy atom. The molecule has 1 rings (SSSR count). The predicted molar refractivity (Wildman–Crippen MR) is 78.2 cm³/mol. The second-order valence-electron chi connectivity index (χ2n) is 4.94. The summed E-state index contributed by atoms with van der Waals surface area (Å²) in [4.78, 5) is 24.6. The molecule has 2 N–H and O–H groups in total. The van der Waals surface area contributed by atoms with E-state index in [0.29, 0.717) is 13.0 Å². The molecule has 0 heterocycles. The smallest absolute Gasteiger partial charge is 0.237 e. The Labute approximate surface area is 122 Å². The van der Waals surface area contributed by atoms with Gasteiger partial charge in [0.15, 0.2) is 0 Å². The van der Waals surface area contributed by atoms with Gasteiger partial charge in [0, 0.05) is 17.4 Å². The quantitative estimate of drug-likeness (QED) is 0.871. The summed E-state index contributed by atoms with van der Waals surface area (Å²) in [7, 11) is 0. The summed E-state index contributed by atoms with van der Waals surface area (Å²) < 4.78 is 0.978. The van der Waals surface area contributed by atoms with Crippen molar-refractivity contribution in [3.05, 3.63) is 34.3 Å². The van der Waals surface area contributed by atoms with Crippen LogP contribution >= 0.6 is 15.9 Å². The SMILES string of the molecule is CC(C)CC(=O)N(CC(N)=O)Cc1ccc(Br)cc1. The maximum absolute atomic E-state index is 12.1. The van der Waals surface area contributed by atoms with Crippen LogP contribution in [0.2, 0.25) is 0 Å². The lowest BCUT2D eigenvalue weighted by molar-refractivity contribution is -0.136. The summed E-state index contributed by atoms with van der Waals surface area (Å²) in [6.45, 7) is 4.31. The van der Waals surface area contributed by atoms with Gasteiger partial charge in [-0.3, -0.25) is 9.59 Å². The maximum atomic E-state index is 12.1. The van der Waals surface area contributed by atoms with Gasteiger partial charge in [0.1, 0.15) is 0 Å². The van der Waals surface area contributed by atoms with E-state index in [1.54, 1.807) is 0 Å². The Morgan fingerprint density at radius 3 is 2.32 bits per heavy atom. The number of rotatable bonds is 6. The van der Waals surface area contributed by atoms with E-state index >= 15 is 0 Å². The molecule has 0 aromatic heterocycles. The topological polar surface area (TPSA) is 63.4 Å². The molecule has 0 spiro atoms. The van der Waals surface area contributed by atoms with Crippen molar-refractivity contribution in [1.29, 1.82) is 0 Å². The average molecular weight is 327 g/mol. The van der Waals surface area contributed by atoms with Gasteiger partial charge in [-0.15, -0.1) is 0 Å². The van der Waals surface area contributed by atoms with E-state index in [2.05, 4.69) is 15.9 Å². The molecule has 104 valence electrons. The molecule has 0 aliphatic heterocycles. The first-order valence-corrected chi connectivity index (χ1v) is 6.98. The summed E-state index contributed by atoms with van der Waals surface area (Å²) in [5, 5.41) is 0. The number of carbonyl (C=O) groups is 2. The third-order valence-corrected chi connectivity index (χ3v) is 3.10. The lowest BCUT2D eigenvalue weighted by Gasteiger charge is -2.22. The second kappa shape index (κ2) is 7.28. The number of hydrogen-bond donors (Lipinski definition) is 1. The van der Waals surface area contributed by atoms with Crippen LogP contribution in [-0.4, -0.2) is 23.3 Å². The van der Waals surface area contributed by atoms with Crippen LogP contribution < -0.4 is 5.73 Å². The van der Waals surface area contributed by atoms with Crippen LogP contribution in [0.5, 0.6) is 0 Å². The fourth-order valence-corrected chi connectivity index (χ4v) is 1.97. The molecule has 0 aliphatic carbocycles. The van der Waals surface area contributed by atoms with Crippen LogP contribution in [-0.2, 0) is 16.1 Å². The van der Waals surface area contributed by atoms with Crippen molar-refractivity contribution in [2.75, 3.05) is 6.54 Å². The van der Waals surface area contributed by atoms with E-state index < -0.39 is 5.91 Å². The molecule has 0 radical (unpaired) electrons. The van der Waals surface area contributed by atoms with Crippen LogP contribution in [0.15, 0.2) is 28.7 Å².